The van der Waals surface area contributed by atoms with E-state index < -0.39 is 7.12 Å². The van der Waals surface area contributed by atoms with Gasteiger partial charge >= 0.3 is 7.12 Å². The maximum Gasteiger partial charge on any atom is 0.489 e. The highest BCUT2D eigenvalue weighted by Gasteiger charge is 2.21. The molecule has 0 fully saturated rings. The molecule has 0 aliphatic carbocycles. The van der Waals surface area contributed by atoms with Crippen LogP contribution >= 0.6 is 0 Å². The van der Waals surface area contributed by atoms with Gasteiger partial charge in [0.15, 0.2) is 0 Å². The summed E-state index contributed by atoms with van der Waals surface area (Å²) in [6, 6.07) is 14.9. The summed E-state index contributed by atoms with van der Waals surface area (Å²) in [6.07, 6.45) is 0. The molecule has 0 saturated carbocycles. The highest BCUT2D eigenvalue weighted by molar-refractivity contribution is 6.62. The molecule has 0 aliphatic heterocycles. The SMILES string of the molecule is Cc1cc(B(O)O)c2ccc3cc(C(C)(C)C)cc4ccc1c2c43. The first-order valence-electron chi connectivity index (χ1n) is 8.36. The normalized spacial score (nSPS) is 12.6. The molecular formula is C21H21BO2. The van der Waals surface area contributed by atoms with E-state index in [4.69, 9.17) is 0 Å². The molecule has 0 radical (unpaired) electrons. The summed E-state index contributed by atoms with van der Waals surface area (Å²) in [5.74, 6) is 0. The van der Waals surface area contributed by atoms with Gasteiger partial charge in [-0.1, -0.05) is 63.2 Å². The molecule has 120 valence electrons. The third-order valence-electron chi connectivity index (χ3n) is 5.10. The van der Waals surface area contributed by atoms with Crippen LogP contribution in [0.2, 0.25) is 0 Å². The summed E-state index contributed by atoms with van der Waals surface area (Å²) < 4.78 is 0. The summed E-state index contributed by atoms with van der Waals surface area (Å²) in [5.41, 5.74) is 3.05. The number of hydrogen-bond acceptors (Lipinski definition) is 2. The molecule has 0 bridgehead atoms. The van der Waals surface area contributed by atoms with Gasteiger partial charge in [0.05, 0.1) is 0 Å². The Balaban J connectivity index is 2.23. The van der Waals surface area contributed by atoms with Gasteiger partial charge in [-0.15, -0.1) is 0 Å². The van der Waals surface area contributed by atoms with Gasteiger partial charge in [0.1, 0.15) is 0 Å². The first-order valence-corrected chi connectivity index (χ1v) is 8.36. The van der Waals surface area contributed by atoms with Crippen molar-refractivity contribution in [3.63, 3.8) is 0 Å². The monoisotopic (exact) mass is 316 g/mol. The van der Waals surface area contributed by atoms with E-state index in [1.807, 2.05) is 19.1 Å². The molecule has 0 heterocycles. The fourth-order valence-electron chi connectivity index (χ4n) is 3.77. The van der Waals surface area contributed by atoms with Crippen molar-refractivity contribution in [2.45, 2.75) is 33.1 Å². The fourth-order valence-corrected chi connectivity index (χ4v) is 3.77. The fraction of sp³-hybridized carbons (Fsp3) is 0.238. The number of aryl methyl sites for hydroxylation is 1. The Bertz CT molecular complexity index is 1060. The molecular weight excluding hydrogens is 295 g/mol. The summed E-state index contributed by atoms with van der Waals surface area (Å²) in [6.45, 7) is 8.71. The van der Waals surface area contributed by atoms with Gasteiger partial charge in [-0.25, -0.2) is 0 Å². The van der Waals surface area contributed by atoms with E-state index in [1.54, 1.807) is 0 Å². The van der Waals surface area contributed by atoms with Crippen molar-refractivity contribution in [2.24, 2.45) is 0 Å². The Hall–Kier alpha value is -2.10. The van der Waals surface area contributed by atoms with Crippen molar-refractivity contribution in [2.75, 3.05) is 0 Å². The molecule has 0 aliphatic rings. The zero-order valence-corrected chi connectivity index (χ0v) is 14.5. The lowest BCUT2D eigenvalue weighted by Gasteiger charge is -2.22. The number of benzene rings is 4. The van der Waals surface area contributed by atoms with E-state index in [0.29, 0.717) is 5.46 Å². The second-order valence-corrected chi connectivity index (χ2v) is 7.81. The van der Waals surface area contributed by atoms with E-state index in [0.717, 1.165) is 16.3 Å². The summed E-state index contributed by atoms with van der Waals surface area (Å²) >= 11 is 0. The van der Waals surface area contributed by atoms with Crippen LogP contribution in [0.1, 0.15) is 31.9 Å². The minimum atomic E-state index is -1.46. The van der Waals surface area contributed by atoms with E-state index in [-0.39, 0.29) is 5.41 Å². The molecule has 0 saturated heterocycles. The van der Waals surface area contributed by atoms with Gasteiger partial charge < -0.3 is 10.0 Å². The standard InChI is InChI=1S/C21H21BO2/c1-12-9-18(22(23)24)17-8-6-14-11-15(21(2,3)4)10-13-5-7-16(12)20(17)19(13)14/h5-11,23-24H,1-4H3. The molecule has 4 aromatic rings. The molecule has 4 aromatic carbocycles. The van der Waals surface area contributed by atoms with Crippen LogP contribution in [-0.4, -0.2) is 17.2 Å². The average Bonchev–Trinajstić information content (AvgIpc) is 2.52. The lowest BCUT2D eigenvalue weighted by Crippen LogP contribution is -2.30. The predicted octanol–water partition coefficient (Wildman–Crippen LogP) is 3.87. The Morgan fingerprint density at radius 2 is 1.38 bits per heavy atom. The molecule has 2 N–H and O–H groups in total. The highest BCUT2D eigenvalue weighted by Crippen LogP contribution is 2.38. The van der Waals surface area contributed by atoms with Gasteiger partial charge in [-0.3, -0.25) is 0 Å². The second kappa shape index (κ2) is 4.95. The van der Waals surface area contributed by atoms with Crippen LogP contribution in [0.15, 0.2) is 42.5 Å². The Labute approximate surface area is 142 Å². The Morgan fingerprint density at radius 3 is 1.92 bits per heavy atom. The summed E-state index contributed by atoms with van der Waals surface area (Å²) in [5, 5.41) is 26.4. The molecule has 0 spiro atoms. The number of hydrogen-bond donors (Lipinski definition) is 2. The molecule has 4 rings (SSSR count). The zero-order chi connectivity index (χ0) is 17.2. The van der Waals surface area contributed by atoms with Crippen LogP contribution in [0.5, 0.6) is 0 Å². The van der Waals surface area contributed by atoms with Crippen LogP contribution in [0, 0.1) is 6.92 Å². The number of rotatable bonds is 1. The maximum absolute atomic E-state index is 9.78. The van der Waals surface area contributed by atoms with Gasteiger partial charge in [0, 0.05) is 0 Å². The van der Waals surface area contributed by atoms with Crippen LogP contribution in [0.3, 0.4) is 0 Å². The van der Waals surface area contributed by atoms with Crippen LogP contribution in [0.25, 0.3) is 32.3 Å². The molecule has 0 atom stereocenters. The van der Waals surface area contributed by atoms with E-state index in [9.17, 15) is 10.0 Å². The van der Waals surface area contributed by atoms with Crippen LogP contribution < -0.4 is 5.46 Å². The lowest BCUT2D eigenvalue weighted by atomic mass is 9.74. The first kappa shape index (κ1) is 15.4. The van der Waals surface area contributed by atoms with Crippen molar-refractivity contribution >= 4 is 44.9 Å². The van der Waals surface area contributed by atoms with Crippen molar-refractivity contribution in [3.05, 3.63) is 53.6 Å². The third-order valence-corrected chi connectivity index (χ3v) is 5.10. The summed E-state index contributed by atoms with van der Waals surface area (Å²) in [7, 11) is -1.46. The van der Waals surface area contributed by atoms with Crippen molar-refractivity contribution in [1.29, 1.82) is 0 Å². The molecule has 24 heavy (non-hydrogen) atoms. The predicted molar refractivity (Wildman–Crippen MR) is 103 cm³/mol. The van der Waals surface area contributed by atoms with Gasteiger partial charge in [0.2, 0.25) is 0 Å². The minimum absolute atomic E-state index is 0.0901. The maximum atomic E-state index is 9.78. The van der Waals surface area contributed by atoms with Gasteiger partial charge in [0.25, 0.3) is 0 Å². The van der Waals surface area contributed by atoms with Crippen molar-refractivity contribution < 1.29 is 10.0 Å². The van der Waals surface area contributed by atoms with Crippen LogP contribution in [0.4, 0.5) is 0 Å². The Morgan fingerprint density at radius 1 is 0.792 bits per heavy atom. The minimum Gasteiger partial charge on any atom is -0.423 e. The molecule has 0 unspecified atom stereocenters. The zero-order valence-electron chi connectivity index (χ0n) is 14.5. The highest BCUT2D eigenvalue weighted by atomic mass is 16.4. The molecule has 0 aromatic heterocycles. The molecule has 2 nitrogen and oxygen atoms in total. The Kier molecular flexibility index (Phi) is 3.18. The van der Waals surface area contributed by atoms with E-state index in [2.05, 4.69) is 51.1 Å². The van der Waals surface area contributed by atoms with Gasteiger partial charge in [-0.2, -0.15) is 0 Å². The summed E-state index contributed by atoms with van der Waals surface area (Å²) in [4.78, 5) is 0. The average molecular weight is 316 g/mol. The van der Waals surface area contributed by atoms with Crippen molar-refractivity contribution in [3.8, 4) is 0 Å². The van der Waals surface area contributed by atoms with E-state index >= 15 is 0 Å². The van der Waals surface area contributed by atoms with Gasteiger partial charge in [-0.05, 0) is 61.2 Å². The second-order valence-electron chi connectivity index (χ2n) is 7.81. The quantitative estimate of drug-likeness (QED) is 0.413. The lowest BCUT2D eigenvalue weighted by molar-refractivity contribution is 0.426. The van der Waals surface area contributed by atoms with Crippen molar-refractivity contribution in [1.82, 2.24) is 0 Å². The smallest absolute Gasteiger partial charge is 0.423 e. The molecule has 0 amide bonds. The molecule has 3 heteroatoms. The van der Waals surface area contributed by atoms with E-state index in [1.165, 1.54) is 27.1 Å². The largest absolute Gasteiger partial charge is 0.489 e. The first-order chi connectivity index (χ1) is 11.3. The third kappa shape index (κ3) is 2.12. The topological polar surface area (TPSA) is 40.5 Å². The van der Waals surface area contributed by atoms with Crippen LogP contribution in [-0.2, 0) is 5.41 Å².